The molecule has 1 aliphatic carbocycles. The lowest BCUT2D eigenvalue weighted by atomic mass is 10.1. The van der Waals surface area contributed by atoms with Crippen LogP contribution in [0.25, 0.3) is 0 Å². The maximum absolute atomic E-state index is 11.2. The summed E-state index contributed by atoms with van der Waals surface area (Å²) in [6.07, 6.45) is 2.12. The Kier molecular flexibility index (Phi) is 2.82. The van der Waals surface area contributed by atoms with Crippen molar-refractivity contribution in [3.05, 3.63) is 29.3 Å². The molecule has 1 aromatic carbocycles. The molecule has 15 heavy (non-hydrogen) atoms. The molecule has 1 fully saturated rings. The van der Waals surface area contributed by atoms with Crippen molar-refractivity contribution in [1.29, 1.82) is 0 Å². The van der Waals surface area contributed by atoms with E-state index < -0.39 is 0 Å². The van der Waals surface area contributed by atoms with Crippen molar-refractivity contribution in [3.63, 3.8) is 0 Å². The summed E-state index contributed by atoms with van der Waals surface area (Å²) < 4.78 is 0. The number of carbonyl (C=O) groups excluding carboxylic acids is 1. The molecule has 1 saturated carbocycles. The highest BCUT2D eigenvalue weighted by Gasteiger charge is 2.35. The van der Waals surface area contributed by atoms with Crippen LogP contribution in [0, 0.1) is 5.92 Å². The number of rotatable bonds is 4. The lowest BCUT2D eigenvalue weighted by Crippen LogP contribution is -2.37. The molecule has 1 aromatic rings. The molecule has 4 heteroatoms. The van der Waals surface area contributed by atoms with Crippen LogP contribution in [0.3, 0.4) is 0 Å². The van der Waals surface area contributed by atoms with Crippen LogP contribution in [0.5, 0.6) is 0 Å². The molecule has 1 atom stereocenters. The number of amides is 1. The summed E-state index contributed by atoms with van der Waals surface area (Å²) in [5.74, 6) is 0.0659. The van der Waals surface area contributed by atoms with E-state index in [4.69, 9.17) is 17.3 Å². The number of primary amides is 1. The zero-order valence-electron chi connectivity index (χ0n) is 8.24. The second kappa shape index (κ2) is 4.11. The first kappa shape index (κ1) is 10.3. The van der Waals surface area contributed by atoms with Gasteiger partial charge in [-0.2, -0.15) is 0 Å². The smallest absolute Gasteiger partial charge is 0.240 e. The molecule has 80 valence electrons. The first-order valence-electron chi connectivity index (χ1n) is 4.99. The molecule has 0 heterocycles. The number of hydrogen-bond acceptors (Lipinski definition) is 2. The van der Waals surface area contributed by atoms with E-state index in [1.807, 2.05) is 18.2 Å². The van der Waals surface area contributed by atoms with Gasteiger partial charge in [0.25, 0.3) is 0 Å². The van der Waals surface area contributed by atoms with Gasteiger partial charge in [-0.25, -0.2) is 0 Å². The topological polar surface area (TPSA) is 55.1 Å². The van der Waals surface area contributed by atoms with Crippen LogP contribution >= 0.6 is 11.6 Å². The monoisotopic (exact) mass is 224 g/mol. The normalized spacial score (nSPS) is 17.1. The van der Waals surface area contributed by atoms with Crippen molar-refractivity contribution >= 4 is 23.2 Å². The zero-order valence-corrected chi connectivity index (χ0v) is 9.00. The molecule has 0 bridgehead atoms. The van der Waals surface area contributed by atoms with E-state index in [2.05, 4.69) is 5.32 Å². The first-order valence-corrected chi connectivity index (χ1v) is 5.36. The van der Waals surface area contributed by atoms with Crippen molar-refractivity contribution in [3.8, 4) is 0 Å². The number of hydrogen-bond donors (Lipinski definition) is 2. The Balaban J connectivity index is 2.12. The van der Waals surface area contributed by atoms with Gasteiger partial charge in [-0.15, -0.1) is 0 Å². The summed E-state index contributed by atoms with van der Waals surface area (Å²) >= 11 is 5.98. The van der Waals surface area contributed by atoms with Crippen molar-refractivity contribution in [2.45, 2.75) is 18.9 Å². The van der Waals surface area contributed by atoms with E-state index in [1.165, 1.54) is 0 Å². The van der Waals surface area contributed by atoms with Crippen LogP contribution in [-0.4, -0.2) is 11.9 Å². The van der Waals surface area contributed by atoms with Crippen LogP contribution < -0.4 is 11.1 Å². The Morgan fingerprint density at radius 1 is 1.47 bits per heavy atom. The summed E-state index contributed by atoms with van der Waals surface area (Å²) in [5, 5.41) is 3.72. The average Bonchev–Trinajstić information content (AvgIpc) is 2.99. The molecule has 1 amide bonds. The highest BCUT2D eigenvalue weighted by molar-refractivity contribution is 6.33. The van der Waals surface area contributed by atoms with Gasteiger partial charge in [-0.1, -0.05) is 23.7 Å². The fraction of sp³-hybridized carbons (Fsp3) is 0.364. The van der Waals surface area contributed by atoms with Gasteiger partial charge < -0.3 is 11.1 Å². The van der Waals surface area contributed by atoms with Crippen molar-refractivity contribution in [1.82, 2.24) is 0 Å². The molecular weight excluding hydrogens is 212 g/mol. The number of halogens is 1. The molecule has 0 aromatic heterocycles. The highest BCUT2D eigenvalue weighted by Crippen LogP contribution is 2.35. The summed E-state index contributed by atoms with van der Waals surface area (Å²) in [7, 11) is 0. The van der Waals surface area contributed by atoms with Crippen molar-refractivity contribution < 1.29 is 4.79 Å². The van der Waals surface area contributed by atoms with Crippen LogP contribution in [-0.2, 0) is 4.79 Å². The summed E-state index contributed by atoms with van der Waals surface area (Å²) in [4.78, 5) is 11.2. The van der Waals surface area contributed by atoms with Gasteiger partial charge in [0.1, 0.15) is 6.04 Å². The number of nitrogens with one attached hydrogen (secondary N) is 1. The number of nitrogens with two attached hydrogens (primary N) is 1. The second-order valence-corrected chi connectivity index (χ2v) is 4.25. The van der Waals surface area contributed by atoms with Gasteiger partial charge in [-0.05, 0) is 30.9 Å². The van der Waals surface area contributed by atoms with Gasteiger partial charge in [0.05, 0.1) is 10.7 Å². The average molecular weight is 225 g/mol. The zero-order chi connectivity index (χ0) is 10.8. The third kappa shape index (κ3) is 2.42. The predicted molar refractivity (Wildman–Crippen MR) is 60.8 cm³/mol. The Morgan fingerprint density at radius 3 is 2.67 bits per heavy atom. The third-order valence-corrected chi connectivity index (χ3v) is 2.91. The maximum atomic E-state index is 11.2. The van der Waals surface area contributed by atoms with Gasteiger partial charge >= 0.3 is 0 Å². The SMILES string of the molecule is NC(=O)C(Nc1ccccc1Cl)C1CC1. The van der Waals surface area contributed by atoms with Gasteiger partial charge in [0.2, 0.25) is 5.91 Å². The number of carbonyl (C=O) groups is 1. The van der Waals surface area contributed by atoms with E-state index in [0.717, 1.165) is 18.5 Å². The Bertz CT molecular complexity index is 377. The first-order chi connectivity index (χ1) is 7.18. The quantitative estimate of drug-likeness (QED) is 0.822. The molecule has 0 aliphatic heterocycles. The summed E-state index contributed by atoms with van der Waals surface area (Å²) in [5.41, 5.74) is 6.10. The molecule has 1 aliphatic rings. The molecule has 0 radical (unpaired) electrons. The number of para-hydroxylation sites is 1. The molecule has 0 spiro atoms. The van der Waals surface area contributed by atoms with E-state index in [0.29, 0.717) is 10.9 Å². The second-order valence-electron chi connectivity index (χ2n) is 3.84. The van der Waals surface area contributed by atoms with Crippen LogP contribution in [0.15, 0.2) is 24.3 Å². The Morgan fingerprint density at radius 2 is 2.13 bits per heavy atom. The molecule has 3 nitrogen and oxygen atoms in total. The standard InChI is InChI=1S/C11H13ClN2O/c12-8-3-1-2-4-9(8)14-10(11(13)15)7-5-6-7/h1-4,7,10,14H,5-6H2,(H2,13,15). The van der Waals surface area contributed by atoms with Crippen molar-refractivity contribution in [2.24, 2.45) is 11.7 Å². The Labute approximate surface area is 93.6 Å². The van der Waals surface area contributed by atoms with Crippen LogP contribution in [0.2, 0.25) is 5.02 Å². The molecule has 3 N–H and O–H groups in total. The van der Waals surface area contributed by atoms with E-state index in [-0.39, 0.29) is 11.9 Å². The van der Waals surface area contributed by atoms with E-state index >= 15 is 0 Å². The van der Waals surface area contributed by atoms with Gasteiger partial charge in [-0.3, -0.25) is 4.79 Å². The number of anilines is 1. The minimum absolute atomic E-state index is 0.287. The molecule has 0 saturated heterocycles. The van der Waals surface area contributed by atoms with E-state index in [1.54, 1.807) is 6.07 Å². The summed E-state index contributed by atoms with van der Waals surface area (Å²) in [6, 6.07) is 7.07. The third-order valence-electron chi connectivity index (χ3n) is 2.58. The number of benzene rings is 1. The minimum Gasteiger partial charge on any atom is -0.372 e. The predicted octanol–water partition coefficient (Wildman–Crippen LogP) is 2.02. The fourth-order valence-corrected chi connectivity index (χ4v) is 1.79. The van der Waals surface area contributed by atoms with Crippen LogP contribution in [0.4, 0.5) is 5.69 Å². The van der Waals surface area contributed by atoms with Crippen molar-refractivity contribution in [2.75, 3.05) is 5.32 Å². The van der Waals surface area contributed by atoms with Gasteiger partial charge in [0, 0.05) is 0 Å². The lowest BCUT2D eigenvalue weighted by molar-refractivity contribution is -0.119. The minimum atomic E-state index is -0.308. The summed E-state index contributed by atoms with van der Waals surface area (Å²) in [6.45, 7) is 0. The fourth-order valence-electron chi connectivity index (χ4n) is 1.60. The van der Waals surface area contributed by atoms with E-state index in [9.17, 15) is 4.79 Å². The van der Waals surface area contributed by atoms with Gasteiger partial charge in [0.15, 0.2) is 0 Å². The molecular formula is C11H13ClN2O. The largest absolute Gasteiger partial charge is 0.372 e. The highest BCUT2D eigenvalue weighted by atomic mass is 35.5. The molecule has 2 rings (SSSR count). The maximum Gasteiger partial charge on any atom is 0.240 e. The molecule has 1 unspecified atom stereocenters. The lowest BCUT2D eigenvalue weighted by Gasteiger charge is -2.16. The van der Waals surface area contributed by atoms with Crippen LogP contribution in [0.1, 0.15) is 12.8 Å². The Hall–Kier alpha value is -1.22.